The van der Waals surface area contributed by atoms with Gasteiger partial charge in [-0.05, 0) is 69.9 Å². The molecule has 0 saturated heterocycles. The Balaban J connectivity index is 1.67. The maximum absolute atomic E-state index is 12.4. The van der Waals surface area contributed by atoms with E-state index in [0.717, 1.165) is 34.2 Å². The maximum Gasteiger partial charge on any atom is 0.343 e. The highest BCUT2D eigenvalue weighted by Gasteiger charge is 2.12. The van der Waals surface area contributed by atoms with Crippen molar-refractivity contribution in [3.63, 3.8) is 0 Å². The number of rotatable bonds is 7. The molecule has 4 heteroatoms. The zero-order valence-electron chi connectivity index (χ0n) is 15.2. The molecular weight excluding hydrogens is 404 g/mol. The lowest BCUT2D eigenvalue weighted by atomic mass is 10.1. The molecule has 0 spiro atoms. The van der Waals surface area contributed by atoms with Crippen LogP contribution in [0.25, 0.3) is 11.1 Å². The Morgan fingerprint density at radius 1 is 0.926 bits per heavy atom. The van der Waals surface area contributed by atoms with Crippen LogP contribution in [0.15, 0.2) is 77.3 Å². The van der Waals surface area contributed by atoms with Gasteiger partial charge in [0.05, 0.1) is 16.6 Å². The normalized spacial score (nSPS) is 10.4. The molecule has 0 aliphatic heterocycles. The summed E-state index contributed by atoms with van der Waals surface area (Å²) < 4.78 is 11.9. The van der Waals surface area contributed by atoms with E-state index in [1.165, 1.54) is 0 Å². The van der Waals surface area contributed by atoms with Gasteiger partial charge in [-0.2, -0.15) is 0 Å². The zero-order chi connectivity index (χ0) is 19.1. The van der Waals surface area contributed by atoms with Crippen molar-refractivity contribution in [2.45, 2.75) is 19.8 Å². The number of carbonyl (C=O) groups is 1. The van der Waals surface area contributed by atoms with Crippen LogP contribution in [0.1, 0.15) is 30.1 Å². The molecule has 0 unspecified atom stereocenters. The smallest absolute Gasteiger partial charge is 0.343 e. The van der Waals surface area contributed by atoms with E-state index in [4.69, 9.17) is 9.47 Å². The SMILES string of the molecule is CCCCOc1ccc(C(=O)Oc2ccc(-c3ccccc3)cc2Br)cc1. The molecule has 27 heavy (non-hydrogen) atoms. The van der Waals surface area contributed by atoms with Gasteiger partial charge in [-0.25, -0.2) is 4.79 Å². The van der Waals surface area contributed by atoms with E-state index in [1.54, 1.807) is 30.3 Å². The van der Waals surface area contributed by atoms with Gasteiger partial charge in [0.2, 0.25) is 0 Å². The molecule has 0 radical (unpaired) electrons. The van der Waals surface area contributed by atoms with Gasteiger partial charge < -0.3 is 9.47 Å². The molecule has 0 fully saturated rings. The Hall–Kier alpha value is -2.59. The number of halogens is 1. The first kappa shape index (κ1) is 19.2. The summed E-state index contributed by atoms with van der Waals surface area (Å²) in [6.07, 6.45) is 2.10. The minimum Gasteiger partial charge on any atom is -0.494 e. The van der Waals surface area contributed by atoms with Crippen LogP contribution in [0, 0.1) is 0 Å². The van der Waals surface area contributed by atoms with Crippen LogP contribution in [0.4, 0.5) is 0 Å². The van der Waals surface area contributed by atoms with Crippen LogP contribution < -0.4 is 9.47 Å². The number of carbonyl (C=O) groups excluding carboxylic acids is 1. The van der Waals surface area contributed by atoms with Gasteiger partial charge in [0, 0.05) is 0 Å². The van der Waals surface area contributed by atoms with Gasteiger partial charge in [0.1, 0.15) is 11.5 Å². The summed E-state index contributed by atoms with van der Waals surface area (Å²) in [7, 11) is 0. The first-order chi connectivity index (χ1) is 13.2. The van der Waals surface area contributed by atoms with Gasteiger partial charge in [0.25, 0.3) is 0 Å². The van der Waals surface area contributed by atoms with Crippen LogP contribution in [0.5, 0.6) is 11.5 Å². The van der Waals surface area contributed by atoms with Crippen LogP contribution in [-0.2, 0) is 0 Å². The summed E-state index contributed by atoms with van der Waals surface area (Å²) in [5, 5.41) is 0. The third-order valence-corrected chi connectivity index (χ3v) is 4.72. The van der Waals surface area contributed by atoms with E-state index in [0.29, 0.717) is 17.9 Å². The van der Waals surface area contributed by atoms with Crippen LogP contribution in [-0.4, -0.2) is 12.6 Å². The predicted molar refractivity (Wildman–Crippen MR) is 111 cm³/mol. The van der Waals surface area contributed by atoms with Gasteiger partial charge in [-0.15, -0.1) is 0 Å². The molecule has 0 saturated carbocycles. The van der Waals surface area contributed by atoms with Crippen molar-refractivity contribution in [1.82, 2.24) is 0 Å². The number of hydrogen-bond donors (Lipinski definition) is 0. The molecular formula is C23H21BrO3. The van der Waals surface area contributed by atoms with Crippen LogP contribution in [0.3, 0.4) is 0 Å². The maximum atomic E-state index is 12.4. The van der Waals surface area contributed by atoms with E-state index in [-0.39, 0.29) is 0 Å². The lowest BCUT2D eigenvalue weighted by Gasteiger charge is -2.09. The molecule has 3 rings (SSSR count). The topological polar surface area (TPSA) is 35.5 Å². The van der Waals surface area contributed by atoms with Crippen molar-refractivity contribution < 1.29 is 14.3 Å². The molecule has 0 aliphatic rings. The Kier molecular flexibility index (Phi) is 6.66. The minimum absolute atomic E-state index is 0.400. The molecule has 3 nitrogen and oxygen atoms in total. The Labute approximate surface area is 168 Å². The molecule has 3 aromatic carbocycles. The second kappa shape index (κ2) is 9.38. The summed E-state index contributed by atoms with van der Waals surface area (Å²) in [6.45, 7) is 2.80. The summed E-state index contributed by atoms with van der Waals surface area (Å²) in [5.74, 6) is 0.847. The summed E-state index contributed by atoms with van der Waals surface area (Å²) in [5.41, 5.74) is 2.64. The molecule has 3 aromatic rings. The minimum atomic E-state index is -0.400. The third kappa shape index (κ3) is 5.20. The fourth-order valence-electron chi connectivity index (χ4n) is 2.57. The van der Waals surface area contributed by atoms with Crippen LogP contribution in [0.2, 0.25) is 0 Å². The molecule has 0 amide bonds. The molecule has 0 atom stereocenters. The average Bonchev–Trinajstić information content (AvgIpc) is 2.71. The van der Waals surface area contributed by atoms with E-state index < -0.39 is 5.97 Å². The number of unbranched alkanes of at least 4 members (excludes halogenated alkanes) is 1. The Morgan fingerprint density at radius 2 is 1.67 bits per heavy atom. The second-order valence-corrected chi connectivity index (χ2v) is 6.98. The molecule has 0 N–H and O–H groups in total. The second-order valence-electron chi connectivity index (χ2n) is 6.13. The Bertz CT molecular complexity index is 889. The van der Waals surface area contributed by atoms with Crippen molar-refractivity contribution in [2.24, 2.45) is 0 Å². The lowest BCUT2D eigenvalue weighted by molar-refractivity contribution is 0.0733. The van der Waals surface area contributed by atoms with Crippen molar-refractivity contribution in [2.75, 3.05) is 6.61 Å². The molecule has 0 heterocycles. The van der Waals surface area contributed by atoms with Gasteiger partial charge in [0.15, 0.2) is 0 Å². The molecule has 0 aromatic heterocycles. The predicted octanol–water partition coefficient (Wildman–Crippen LogP) is 6.51. The fraction of sp³-hybridized carbons (Fsp3) is 0.174. The number of benzene rings is 3. The van der Waals surface area contributed by atoms with Crippen molar-refractivity contribution in [3.05, 3.63) is 82.8 Å². The monoisotopic (exact) mass is 424 g/mol. The summed E-state index contributed by atoms with van der Waals surface area (Å²) in [6, 6.07) is 22.7. The molecule has 0 bridgehead atoms. The first-order valence-electron chi connectivity index (χ1n) is 8.97. The van der Waals surface area contributed by atoms with Gasteiger partial charge >= 0.3 is 5.97 Å². The first-order valence-corrected chi connectivity index (χ1v) is 9.76. The quantitative estimate of drug-likeness (QED) is 0.246. The number of hydrogen-bond acceptors (Lipinski definition) is 3. The van der Waals surface area contributed by atoms with E-state index >= 15 is 0 Å². The van der Waals surface area contributed by atoms with Gasteiger partial charge in [-0.1, -0.05) is 49.7 Å². The molecule has 138 valence electrons. The van der Waals surface area contributed by atoms with Crippen molar-refractivity contribution >= 4 is 21.9 Å². The highest BCUT2D eigenvalue weighted by molar-refractivity contribution is 9.10. The number of ether oxygens (including phenoxy) is 2. The molecule has 0 aliphatic carbocycles. The van der Waals surface area contributed by atoms with Crippen LogP contribution >= 0.6 is 15.9 Å². The summed E-state index contributed by atoms with van der Waals surface area (Å²) >= 11 is 3.50. The summed E-state index contributed by atoms with van der Waals surface area (Å²) in [4.78, 5) is 12.4. The van der Waals surface area contributed by atoms with Crippen molar-refractivity contribution in [3.8, 4) is 22.6 Å². The van der Waals surface area contributed by atoms with Gasteiger partial charge in [-0.3, -0.25) is 0 Å². The fourth-order valence-corrected chi connectivity index (χ4v) is 3.03. The van der Waals surface area contributed by atoms with E-state index in [2.05, 4.69) is 22.9 Å². The van der Waals surface area contributed by atoms with E-state index in [1.807, 2.05) is 42.5 Å². The highest BCUT2D eigenvalue weighted by Crippen LogP contribution is 2.31. The Morgan fingerprint density at radius 3 is 2.33 bits per heavy atom. The average molecular weight is 425 g/mol. The standard InChI is InChI=1S/C23H21BrO3/c1-2-3-15-26-20-12-9-18(10-13-20)23(25)27-22-14-11-19(16-21(22)24)17-7-5-4-6-8-17/h4-14,16H,2-3,15H2,1H3. The largest absolute Gasteiger partial charge is 0.494 e. The third-order valence-electron chi connectivity index (χ3n) is 4.10. The lowest BCUT2D eigenvalue weighted by Crippen LogP contribution is -2.09. The van der Waals surface area contributed by atoms with Crippen molar-refractivity contribution in [1.29, 1.82) is 0 Å². The zero-order valence-corrected chi connectivity index (χ0v) is 16.7. The number of esters is 1. The van der Waals surface area contributed by atoms with E-state index in [9.17, 15) is 4.79 Å². The highest BCUT2D eigenvalue weighted by atomic mass is 79.9.